The second kappa shape index (κ2) is 6.41. The molecule has 2 aliphatic rings. The SMILES string of the molecule is C[C@@H]1CN(C(=O)c2cccnc2N2CCOCC2)CCO1. The second-order valence-corrected chi connectivity index (χ2v) is 5.41. The molecule has 1 aromatic heterocycles. The molecule has 3 heterocycles. The third-order valence-corrected chi connectivity index (χ3v) is 3.86. The predicted octanol–water partition coefficient (Wildman–Crippen LogP) is 0.779. The van der Waals surface area contributed by atoms with Gasteiger partial charge in [0, 0.05) is 32.4 Å². The molecule has 6 nitrogen and oxygen atoms in total. The molecule has 21 heavy (non-hydrogen) atoms. The number of anilines is 1. The molecule has 114 valence electrons. The van der Waals surface area contributed by atoms with E-state index in [-0.39, 0.29) is 12.0 Å². The number of aromatic nitrogens is 1. The molecular weight excluding hydrogens is 270 g/mol. The van der Waals surface area contributed by atoms with E-state index in [2.05, 4.69) is 9.88 Å². The van der Waals surface area contributed by atoms with Crippen LogP contribution in [0.3, 0.4) is 0 Å². The summed E-state index contributed by atoms with van der Waals surface area (Å²) in [5.41, 5.74) is 0.675. The zero-order chi connectivity index (χ0) is 14.7. The molecular formula is C15H21N3O3. The molecule has 0 saturated carbocycles. The minimum Gasteiger partial charge on any atom is -0.378 e. The van der Waals surface area contributed by atoms with E-state index in [1.54, 1.807) is 6.20 Å². The maximum Gasteiger partial charge on any atom is 0.257 e. The summed E-state index contributed by atoms with van der Waals surface area (Å²) < 4.78 is 10.9. The maximum atomic E-state index is 12.8. The Morgan fingerprint density at radius 1 is 1.29 bits per heavy atom. The molecule has 3 rings (SSSR count). The van der Waals surface area contributed by atoms with Gasteiger partial charge in [0.05, 0.1) is 31.5 Å². The zero-order valence-corrected chi connectivity index (χ0v) is 12.3. The number of carbonyl (C=O) groups is 1. The second-order valence-electron chi connectivity index (χ2n) is 5.41. The van der Waals surface area contributed by atoms with Crippen LogP contribution in [-0.2, 0) is 9.47 Å². The van der Waals surface area contributed by atoms with E-state index in [9.17, 15) is 4.79 Å². The Labute approximate surface area is 124 Å². The molecule has 0 radical (unpaired) electrons. The molecule has 0 bridgehead atoms. The van der Waals surface area contributed by atoms with Crippen LogP contribution in [0.15, 0.2) is 18.3 Å². The lowest BCUT2D eigenvalue weighted by atomic mass is 10.2. The van der Waals surface area contributed by atoms with Crippen LogP contribution < -0.4 is 4.90 Å². The quantitative estimate of drug-likeness (QED) is 0.806. The first kappa shape index (κ1) is 14.3. The Morgan fingerprint density at radius 3 is 2.86 bits per heavy atom. The van der Waals surface area contributed by atoms with Crippen LogP contribution in [0.4, 0.5) is 5.82 Å². The largest absolute Gasteiger partial charge is 0.378 e. The van der Waals surface area contributed by atoms with E-state index in [0.717, 1.165) is 18.9 Å². The summed E-state index contributed by atoms with van der Waals surface area (Å²) in [5.74, 6) is 0.810. The number of morpholine rings is 2. The number of hydrogen-bond acceptors (Lipinski definition) is 5. The van der Waals surface area contributed by atoms with Crippen molar-refractivity contribution < 1.29 is 14.3 Å². The predicted molar refractivity (Wildman–Crippen MR) is 78.6 cm³/mol. The minimum absolute atomic E-state index is 0.0414. The highest BCUT2D eigenvalue weighted by molar-refractivity contribution is 5.99. The molecule has 1 aromatic rings. The number of carbonyl (C=O) groups excluding carboxylic acids is 1. The van der Waals surface area contributed by atoms with E-state index < -0.39 is 0 Å². The summed E-state index contributed by atoms with van der Waals surface area (Å²) in [5, 5.41) is 0. The first-order chi connectivity index (χ1) is 10.3. The van der Waals surface area contributed by atoms with Gasteiger partial charge in [0.15, 0.2) is 0 Å². The van der Waals surface area contributed by atoms with Crippen LogP contribution in [0.2, 0.25) is 0 Å². The lowest BCUT2D eigenvalue weighted by Gasteiger charge is -2.33. The Hall–Kier alpha value is -1.66. The molecule has 2 saturated heterocycles. The van der Waals surface area contributed by atoms with Gasteiger partial charge in [-0.2, -0.15) is 0 Å². The molecule has 2 fully saturated rings. The summed E-state index contributed by atoms with van der Waals surface area (Å²) in [6.07, 6.45) is 1.83. The summed E-state index contributed by atoms with van der Waals surface area (Å²) >= 11 is 0. The van der Waals surface area contributed by atoms with Crippen LogP contribution in [0.5, 0.6) is 0 Å². The molecule has 1 atom stereocenters. The van der Waals surface area contributed by atoms with Gasteiger partial charge in [-0.15, -0.1) is 0 Å². The summed E-state index contributed by atoms with van der Waals surface area (Å²) in [7, 11) is 0. The number of amides is 1. The maximum absolute atomic E-state index is 12.8. The fourth-order valence-corrected chi connectivity index (χ4v) is 2.76. The molecule has 0 unspecified atom stereocenters. The van der Waals surface area contributed by atoms with Crippen molar-refractivity contribution in [2.45, 2.75) is 13.0 Å². The highest BCUT2D eigenvalue weighted by Gasteiger charge is 2.26. The van der Waals surface area contributed by atoms with Crippen molar-refractivity contribution in [3.05, 3.63) is 23.9 Å². The van der Waals surface area contributed by atoms with Gasteiger partial charge < -0.3 is 19.3 Å². The van der Waals surface area contributed by atoms with Crippen LogP contribution >= 0.6 is 0 Å². The van der Waals surface area contributed by atoms with E-state index in [1.807, 2.05) is 24.0 Å². The topological polar surface area (TPSA) is 54.9 Å². The van der Waals surface area contributed by atoms with E-state index in [1.165, 1.54) is 0 Å². The summed E-state index contributed by atoms with van der Waals surface area (Å²) in [6.45, 7) is 6.77. The van der Waals surface area contributed by atoms with Gasteiger partial charge in [-0.3, -0.25) is 4.79 Å². The smallest absolute Gasteiger partial charge is 0.257 e. The number of nitrogens with zero attached hydrogens (tertiary/aromatic N) is 3. The zero-order valence-electron chi connectivity index (χ0n) is 12.3. The Morgan fingerprint density at radius 2 is 2.10 bits per heavy atom. The Balaban J connectivity index is 1.82. The highest BCUT2D eigenvalue weighted by Crippen LogP contribution is 2.21. The highest BCUT2D eigenvalue weighted by atomic mass is 16.5. The lowest BCUT2D eigenvalue weighted by Crippen LogP contribution is -2.45. The number of ether oxygens (including phenoxy) is 2. The van der Waals surface area contributed by atoms with Crippen LogP contribution in [0.25, 0.3) is 0 Å². The van der Waals surface area contributed by atoms with Crippen molar-refractivity contribution >= 4 is 11.7 Å². The molecule has 0 aliphatic carbocycles. The van der Waals surface area contributed by atoms with Gasteiger partial charge in [-0.1, -0.05) is 0 Å². The van der Waals surface area contributed by atoms with Crippen LogP contribution in [0.1, 0.15) is 17.3 Å². The standard InChI is InChI=1S/C15H21N3O3/c1-12-11-18(7-10-21-12)15(19)13-3-2-4-16-14(13)17-5-8-20-9-6-17/h2-4,12H,5-11H2,1H3/t12-/m1/s1. The van der Waals surface area contributed by atoms with Gasteiger partial charge in [0.2, 0.25) is 0 Å². The molecule has 0 N–H and O–H groups in total. The van der Waals surface area contributed by atoms with Gasteiger partial charge in [0.1, 0.15) is 5.82 Å². The third-order valence-electron chi connectivity index (χ3n) is 3.86. The van der Waals surface area contributed by atoms with Crippen molar-refractivity contribution in [1.82, 2.24) is 9.88 Å². The van der Waals surface area contributed by atoms with Gasteiger partial charge in [-0.25, -0.2) is 4.98 Å². The average Bonchev–Trinajstić information content (AvgIpc) is 2.55. The number of hydrogen-bond donors (Lipinski definition) is 0. The van der Waals surface area contributed by atoms with Gasteiger partial charge in [-0.05, 0) is 19.1 Å². The summed E-state index contributed by atoms with van der Waals surface area (Å²) in [4.78, 5) is 21.2. The normalized spacial score (nSPS) is 23.2. The van der Waals surface area contributed by atoms with Crippen molar-refractivity contribution in [3.8, 4) is 0 Å². The Kier molecular flexibility index (Phi) is 4.36. The Bertz CT molecular complexity index is 503. The summed E-state index contributed by atoms with van der Waals surface area (Å²) in [6, 6.07) is 3.68. The van der Waals surface area contributed by atoms with E-state index in [4.69, 9.17) is 9.47 Å². The fraction of sp³-hybridized carbons (Fsp3) is 0.600. The third kappa shape index (κ3) is 3.16. The van der Waals surface area contributed by atoms with Crippen molar-refractivity contribution in [2.24, 2.45) is 0 Å². The minimum atomic E-state index is 0.0414. The van der Waals surface area contributed by atoms with Crippen molar-refractivity contribution in [3.63, 3.8) is 0 Å². The average molecular weight is 291 g/mol. The number of rotatable bonds is 2. The monoisotopic (exact) mass is 291 g/mol. The van der Waals surface area contributed by atoms with Crippen molar-refractivity contribution in [1.29, 1.82) is 0 Å². The molecule has 1 amide bonds. The number of pyridine rings is 1. The molecule has 0 spiro atoms. The van der Waals surface area contributed by atoms with E-state index in [0.29, 0.717) is 38.5 Å². The fourth-order valence-electron chi connectivity index (χ4n) is 2.76. The van der Waals surface area contributed by atoms with Crippen LogP contribution in [-0.4, -0.2) is 67.9 Å². The first-order valence-electron chi connectivity index (χ1n) is 7.44. The molecule has 0 aromatic carbocycles. The van der Waals surface area contributed by atoms with Crippen LogP contribution in [0, 0.1) is 0 Å². The molecule has 2 aliphatic heterocycles. The van der Waals surface area contributed by atoms with Gasteiger partial charge in [0.25, 0.3) is 5.91 Å². The molecule has 6 heteroatoms. The lowest BCUT2D eigenvalue weighted by molar-refractivity contribution is -0.0124. The van der Waals surface area contributed by atoms with E-state index >= 15 is 0 Å². The first-order valence-corrected chi connectivity index (χ1v) is 7.44. The van der Waals surface area contributed by atoms with Crippen molar-refractivity contribution in [2.75, 3.05) is 50.9 Å². The van der Waals surface area contributed by atoms with Gasteiger partial charge >= 0.3 is 0 Å².